The number of hydrogen-bond donors (Lipinski definition) is 1. The number of rotatable bonds is 9. The van der Waals surface area contributed by atoms with Gasteiger partial charge < -0.3 is 14.8 Å². The average molecular weight is 333 g/mol. The standard InChI is InChI=1S/C12H17BrN2O4/c1-18-7-8-19-6-2-5-14-11-9-10(13)3-4-12(11)15(16)17/h3-4,9,14H,2,5-8H2,1H3. The largest absolute Gasteiger partial charge is 0.382 e. The second-order valence-corrected chi connectivity index (χ2v) is 4.72. The zero-order valence-corrected chi connectivity index (χ0v) is 12.3. The molecule has 0 atom stereocenters. The second-order valence-electron chi connectivity index (χ2n) is 3.80. The fraction of sp³-hybridized carbons (Fsp3) is 0.500. The summed E-state index contributed by atoms with van der Waals surface area (Å²) in [6.45, 7) is 2.35. The summed E-state index contributed by atoms with van der Waals surface area (Å²) in [5, 5.41) is 13.9. The van der Waals surface area contributed by atoms with Gasteiger partial charge in [0.2, 0.25) is 0 Å². The predicted molar refractivity (Wildman–Crippen MR) is 76.6 cm³/mol. The van der Waals surface area contributed by atoms with Crippen molar-refractivity contribution >= 4 is 27.3 Å². The van der Waals surface area contributed by atoms with Crippen molar-refractivity contribution in [3.63, 3.8) is 0 Å². The highest BCUT2D eigenvalue weighted by Gasteiger charge is 2.12. The van der Waals surface area contributed by atoms with Gasteiger partial charge in [-0.05, 0) is 18.6 Å². The molecule has 0 saturated carbocycles. The van der Waals surface area contributed by atoms with E-state index in [0.717, 1.165) is 10.9 Å². The van der Waals surface area contributed by atoms with E-state index in [4.69, 9.17) is 9.47 Å². The molecule has 0 unspecified atom stereocenters. The minimum Gasteiger partial charge on any atom is -0.382 e. The summed E-state index contributed by atoms with van der Waals surface area (Å²) >= 11 is 3.30. The van der Waals surface area contributed by atoms with E-state index in [2.05, 4.69) is 21.2 Å². The number of nitrogens with zero attached hydrogens (tertiary/aromatic N) is 1. The lowest BCUT2D eigenvalue weighted by Gasteiger charge is -2.08. The molecule has 1 aromatic rings. The van der Waals surface area contributed by atoms with Crippen molar-refractivity contribution in [1.29, 1.82) is 0 Å². The van der Waals surface area contributed by atoms with E-state index in [1.165, 1.54) is 6.07 Å². The summed E-state index contributed by atoms with van der Waals surface area (Å²) in [4.78, 5) is 10.5. The number of methoxy groups -OCH3 is 1. The lowest BCUT2D eigenvalue weighted by atomic mass is 10.2. The molecule has 0 aliphatic carbocycles. The van der Waals surface area contributed by atoms with Gasteiger partial charge >= 0.3 is 0 Å². The van der Waals surface area contributed by atoms with Crippen LogP contribution in [-0.4, -0.2) is 38.4 Å². The van der Waals surface area contributed by atoms with Gasteiger partial charge in [-0.15, -0.1) is 0 Å². The van der Waals surface area contributed by atoms with Crippen molar-refractivity contribution in [2.75, 3.05) is 38.8 Å². The molecule has 106 valence electrons. The molecule has 1 rings (SSSR count). The van der Waals surface area contributed by atoms with E-state index in [-0.39, 0.29) is 5.69 Å². The first-order valence-corrected chi connectivity index (χ1v) is 6.69. The third kappa shape index (κ3) is 6.00. The third-order valence-electron chi connectivity index (χ3n) is 2.37. The Balaban J connectivity index is 2.36. The van der Waals surface area contributed by atoms with Gasteiger partial charge in [0.05, 0.1) is 18.1 Å². The molecule has 1 N–H and O–H groups in total. The van der Waals surface area contributed by atoms with Gasteiger partial charge in [-0.2, -0.15) is 0 Å². The van der Waals surface area contributed by atoms with Crippen molar-refractivity contribution < 1.29 is 14.4 Å². The number of benzene rings is 1. The molecule has 0 aliphatic heterocycles. The predicted octanol–water partition coefficient (Wildman–Crippen LogP) is 2.82. The molecule has 19 heavy (non-hydrogen) atoms. The molecule has 0 saturated heterocycles. The van der Waals surface area contributed by atoms with Gasteiger partial charge in [0.1, 0.15) is 5.69 Å². The lowest BCUT2D eigenvalue weighted by molar-refractivity contribution is -0.384. The summed E-state index contributed by atoms with van der Waals surface area (Å²) < 4.78 is 11.0. The molecular weight excluding hydrogens is 316 g/mol. The Labute approximate surface area is 120 Å². The van der Waals surface area contributed by atoms with Gasteiger partial charge in [0.25, 0.3) is 5.69 Å². The summed E-state index contributed by atoms with van der Waals surface area (Å²) in [7, 11) is 1.62. The minimum absolute atomic E-state index is 0.0727. The fourth-order valence-electron chi connectivity index (χ4n) is 1.45. The van der Waals surface area contributed by atoms with Gasteiger partial charge in [-0.3, -0.25) is 10.1 Å². The van der Waals surface area contributed by atoms with E-state index < -0.39 is 4.92 Å². The smallest absolute Gasteiger partial charge is 0.292 e. The highest BCUT2D eigenvalue weighted by molar-refractivity contribution is 9.10. The van der Waals surface area contributed by atoms with Crippen molar-refractivity contribution in [1.82, 2.24) is 0 Å². The Hall–Kier alpha value is -1.18. The highest BCUT2D eigenvalue weighted by Crippen LogP contribution is 2.27. The molecular formula is C12H17BrN2O4. The van der Waals surface area contributed by atoms with Crippen LogP contribution in [0.1, 0.15) is 6.42 Å². The van der Waals surface area contributed by atoms with Crippen LogP contribution in [-0.2, 0) is 9.47 Å². The van der Waals surface area contributed by atoms with E-state index >= 15 is 0 Å². The maximum atomic E-state index is 10.9. The number of halogens is 1. The van der Waals surface area contributed by atoms with Crippen molar-refractivity contribution in [3.05, 3.63) is 32.8 Å². The van der Waals surface area contributed by atoms with Gasteiger partial charge in [0.15, 0.2) is 0 Å². The SMILES string of the molecule is COCCOCCCNc1cc(Br)ccc1[N+](=O)[O-]. The topological polar surface area (TPSA) is 73.6 Å². The highest BCUT2D eigenvalue weighted by atomic mass is 79.9. The molecule has 0 aliphatic rings. The Bertz CT molecular complexity index is 415. The van der Waals surface area contributed by atoms with Gasteiger partial charge in [-0.1, -0.05) is 15.9 Å². The second kappa shape index (κ2) is 8.84. The Kier molecular flexibility index (Phi) is 7.39. The van der Waals surface area contributed by atoms with E-state index in [1.807, 2.05) is 0 Å². The van der Waals surface area contributed by atoms with Crippen LogP contribution in [0.4, 0.5) is 11.4 Å². The molecule has 0 radical (unpaired) electrons. The van der Waals surface area contributed by atoms with Gasteiger partial charge in [0, 0.05) is 30.8 Å². The summed E-state index contributed by atoms with van der Waals surface area (Å²) in [5.74, 6) is 0. The molecule has 0 fully saturated rings. The number of hydrogen-bond acceptors (Lipinski definition) is 5. The first-order chi connectivity index (χ1) is 9.15. The van der Waals surface area contributed by atoms with Crippen LogP contribution in [0.15, 0.2) is 22.7 Å². The zero-order valence-electron chi connectivity index (χ0n) is 10.7. The maximum Gasteiger partial charge on any atom is 0.292 e. The Morgan fingerprint density at radius 2 is 2.16 bits per heavy atom. The van der Waals surface area contributed by atoms with Crippen LogP contribution >= 0.6 is 15.9 Å². The summed E-state index contributed by atoms with van der Waals surface area (Å²) in [5.41, 5.74) is 0.583. The molecule has 0 amide bonds. The first kappa shape index (κ1) is 15.9. The molecule has 0 spiro atoms. The van der Waals surface area contributed by atoms with Crippen LogP contribution < -0.4 is 5.32 Å². The monoisotopic (exact) mass is 332 g/mol. The van der Waals surface area contributed by atoms with Crippen LogP contribution in [0, 0.1) is 10.1 Å². The first-order valence-electron chi connectivity index (χ1n) is 5.89. The van der Waals surface area contributed by atoms with Crippen LogP contribution in [0.2, 0.25) is 0 Å². The van der Waals surface area contributed by atoms with E-state index in [1.54, 1.807) is 19.2 Å². The van der Waals surface area contributed by atoms with Crippen LogP contribution in [0.3, 0.4) is 0 Å². The normalized spacial score (nSPS) is 10.4. The molecule has 0 bridgehead atoms. The van der Waals surface area contributed by atoms with E-state index in [0.29, 0.717) is 32.1 Å². The van der Waals surface area contributed by atoms with Crippen molar-refractivity contribution in [2.45, 2.75) is 6.42 Å². The Morgan fingerprint density at radius 3 is 2.84 bits per heavy atom. The number of nitrogens with one attached hydrogen (secondary N) is 1. The minimum atomic E-state index is -0.399. The van der Waals surface area contributed by atoms with Crippen molar-refractivity contribution in [2.24, 2.45) is 0 Å². The fourth-order valence-corrected chi connectivity index (χ4v) is 1.81. The molecule has 0 aromatic heterocycles. The van der Waals surface area contributed by atoms with E-state index in [9.17, 15) is 10.1 Å². The maximum absolute atomic E-state index is 10.9. The number of ether oxygens (including phenoxy) is 2. The quantitative estimate of drug-likeness (QED) is 0.427. The number of anilines is 1. The number of nitro groups is 1. The molecule has 6 nitrogen and oxygen atoms in total. The van der Waals surface area contributed by atoms with Crippen LogP contribution in [0.5, 0.6) is 0 Å². The number of nitro benzene ring substituents is 1. The van der Waals surface area contributed by atoms with Crippen LogP contribution in [0.25, 0.3) is 0 Å². The lowest BCUT2D eigenvalue weighted by Crippen LogP contribution is -2.09. The van der Waals surface area contributed by atoms with Crippen molar-refractivity contribution in [3.8, 4) is 0 Å². The molecule has 7 heteroatoms. The zero-order chi connectivity index (χ0) is 14.1. The summed E-state index contributed by atoms with van der Waals surface area (Å²) in [6, 6.07) is 4.82. The molecule has 0 heterocycles. The average Bonchev–Trinajstić information content (AvgIpc) is 2.37. The third-order valence-corrected chi connectivity index (χ3v) is 2.86. The molecule has 1 aromatic carbocycles. The Morgan fingerprint density at radius 1 is 1.37 bits per heavy atom. The summed E-state index contributed by atoms with van der Waals surface area (Å²) in [6.07, 6.45) is 0.771. The van der Waals surface area contributed by atoms with Gasteiger partial charge in [-0.25, -0.2) is 0 Å².